The molecule has 2 aromatic carbocycles. The maximum absolute atomic E-state index is 12.6. The first-order chi connectivity index (χ1) is 12.1. The summed E-state index contributed by atoms with van der Waals surface area (Å²) in [6.07, 6.45) is 0. The maximum Gasteiger partial charge on any atom is 0.338 e. The number of allylic oxidation sites excluding steroid dienone is 1. The van der Waals surface area contributed by atoms with Gasteiger partial charge in [0.05, 0.1) is 18.2 Å². The zero-order valence-corrected chi connectivity index (χ0v) is 14.2. The molecule has 25 heavy (non-hydrogen) atoms. The molecule has 0 fully saturated rings. The Bertz CT molecular complexity index is 839. The number of ether oxygens (including phenoxy) is 2. The average Bonchev–Trinajstić information content (AvgIpc) is 2.60. The molecule has 1 atom stereocenters. The second-order valence-electron chi connectivity index (χ2n) is 5.77. The van der Waals surface area contributed by atoms with E-state index in [4.69, 9.17) is 9.47 Å². The highest BCUT2D eigenvalue weighted by atomic mass is 16.6. The van der Waals surface area contributed by atoms with E-state index in [1.165, 1.54) is 0 Å². The molecule has 0 unspecified atom stereocenters. The first-order valence-electron chi connectivity index (χ1n) is 8.04. The molecule has 130 valence electrons. The summed E-state index contributed by atoms with van der Waals surface area (Å²) >= 11 is 0. The van der Waals surface area contributed by atoms with Crippen LogP contribution in [0, 0.1) is 0 Å². The third-order valence-corrected chi connectivity index (χ3v) is 4.14. The molecular formula is C19H20N2O4. The molecular weight excluding hydrogens is 320 g/mol. The van der Waals surface area contributed by atoms with E-state index in [9.17, 15) is 9.59 Å². The van der Waals surface area contributed by atoms with Crippen molar-refractivity contribution in [1.29, 1.82) is 0 Å². The molecule has 0 saturated heterocycles. The van der Waals surface area contributed by atoms with Crippen LogP contribution in [-0.4, -0.2) is 32.3 Å². The number of methoxy groups -OCH3 is 1. The summed E-state index contributed by atoms with van der Waals surface area (Å²) in [5, 5.41) is 7.50. The normalized spacial score (nSPS) is 17.2. The standard InChI is InChI=1S/C19H20N2O4/c1-12-16(18(22)25-11-10-24-2)17(21-19(23)20-12)15-9-5-7-13-6-3-4-8-14(13)15/h3-9,17H,10-11H2,1-2H3,(H2,20,21,23)/t17-/m0/s1. The molecule has 1 heterocycles. The van der Waals surface area contributed by atoms with Crippen LogP contribution in [0.15, 0.2) is 53.7 Å². The van der Waals surface area contributed by atoms with Gasteiger partial charge in [-0.05, 0) is 23.3 Å². The van der Waals surface area contributed by atoms with Crippen LogP contribution < -0.4 is 10.6 Å². The molecule has 2 N–H and O–H groups in total. The van der Waals surface area contributed by atoms with Gasteiger partial charge in [-0.1, -0.05) is 42.5 Å². The number of esters is 1. The first-order valence-corrected chi connectivity index (χ1v) is 8.04. The van der Waals surface area contributed by atoms with Gasteiger partial charge in [-0.2, -0.15) is 0 Å². The number of nitrogens with one attached hydrogen (secondary N) is 2. The third-order valence-electron chi connectivity index (χ3n) is 4.14. The second-order valence-corrected chi connectivity index (χ2v) is 5.77. The quantitative estimate of drug-likeness (QED) is 0.648. The van der Waals surface area contributed by atoms with Gasteiger partial charge < -0.3 is 20.1 Å². The summed E-state index contributed by atoms with van der Waals surface area (Å²) < 4.78 is 10.2. The van der Waals surface area contributed by atoms with E-state index >= 15 is 0 Å². The maximum atomic E-state index is 12.6. The van der Waals surface area contributed by atoms with Crippen LogP contribution in [-0.2, 0) is 14.3 Å². The lowest BCUT2D eigenvalue weighted by molar-refractivity contribution is -0.140. The Morgan fingerprint density at radius 3 is 2.68 bits per heavy atom. The van der Waals surface area contributed by atoms with Gasteiger partial charge in [-0.25, -0.2) is 9.59 Å². The highest BCUT2D eigenvalue weighted by Gasteiger charge is 2.32. The largest absolute Gasteiger partial charge is 0.460 e. The van der Waals surface area contributed by atoms with Gasteiger partial charge in [0.1, 0.15) is 6.61 Å². The number of rotatable bonds is 5. The van der Waals surface area contributed by atoms with Crippen molar-refractivity contribution in [2.24, 2.45) is 0 Å². The number of hydrogen-bond donors (Lipinski definition) is 2. The fourth-order valence-corrected chi connectivity index (χ4v) is 3.00. The van der Waals surface area contributed by atoms with Gasteiger partial charge >= 0.3 is 12.0 Å². The highest BCUT2D eigenvalue weighted by Crippen LogP contribution is 2.32. The zero-order chi connectivity index (χ0) is 17.8. The number of amides is 2. The Kier molecular flexibility index (Phi) is 5.00. The molecule has 0 bridgehead atoms. The van der Waals surface area contributed by atoms with E-state index in [1.807, 2.05) is 42.5 Å². The highest BCUT2D eigenvalue weighted by molar-refractivity contribution is 5.97. The zero-order valence-electron chi connectivity index (χ0n) is 14.2. The molecule has 6 nitrogen and oxygen atoms in total. The Hall–Kier alpha value is -2.86. The monoisotopic (exact) mass is 340 g/mol. The van der Waals surface area contributed by atoms with Crippen LogP contribution >= 0.6 is 0 Å². The van der Waals surface area contributed by atoms with Crippen LogP contribution in [0.4, 0.5) is 4.79 Å². The van der Waals surface area contributed by atoms with Crippen molar-refractivity contribution >= 4 is 22.8 Å². The molecule has 0 aliphatic carbocycles. The number of fused-ring (bicyclic) bond motifs is 1. The molecule has 0 saturated carbocycles. The van der Waals surface area contributed by atoms with Crippen molar-refractivity contribution in [1.82, 2.24) is 10.6 Å². The Labute approximate surface area is 145 Å². The van der Waals surface area contributed by atoms with E-state index in [-0.39, 0.29) is 12.6 Å². The lowest BCUT2D eigenvalue weighted by atomic mass is 9.91. The molecule has 1 aliphatic rings. The number of hydrogen-bond acceptors (Lipinski definition) is 4. The van der Waals surface area contributed by atoms with Crippen molar-refractivity contribution in [3.05, 3.63) is 59.3 Å². The van der Waals surface area contributed by atoms with Crippen LogP contribution in [0.2, 0.25) is 0 Å². The summed E-state index contributed by atoms with van der Waals surface area (Å²) in [5.74, 6) is -0.472. The minimum absolute atomic E-state index is 0.155. The summed E-state index contributed by atoms with van der Waals surface area (Å²) in [6.45, 7) is 2.17. The van der Waals surface area contributed by atoms with Gasteiger partial charge in [0, 0.05) is 12.8 Å². The van der Waals surface area contributed by atoms with E-state index in [2.05, 4.69) is 10.6 Å². The molecule has 0 radical (unpaired) electrons. The lowest BCUT2D eigenvalue weighted by Crippen LogP contribution is -2.45. The fraction of sp³-hybridized carbons (Fsp3) is 0.263. The van der Waals surface area contributed by atoms with Gasteiger partial charge in [-0.3, -0.25) is 0 Å². The Balaban J connectivity index is 2.03. The van der Waals surface area contributed by atoms with Crippen LogP contribution in [0.5, 0.6) is 0 Å². The molecule has 2 amide bonds. The van der Waals surface area contributed by atoms with E-state index < -0.39 is 12.0 Å². The summed E-state index contributed by atoms with van der Waals surface area (Å²) in [7, 11) is 1.54. The smallest absolute Gasteiger partial charge is 0.338 e. The molecule has 6 heteroatoms. The average molecular weight is 340 g/mol. The number of benzene rings is 2. The predicted molar refractivity (Wildman–Crippen MR) is 93.9 cm³/mol. The predicted octanol–water partition coefficient (Wildman–Crippen LogP) is 2.66. The molecule has 1 aliphatic heterocycles. The van der Waals surface area contributed by atoms with Crippen molar-refractivity contribution in [2.75, 3.05) is 20.3 Å². The van der Waals surface area contributed by atoms with E-state index in [1.54, 1.807) is 14.0 Å². The second kappa shape index (κ2) is 7.36. The van der Waals surface area contributed by atoms with Crippen molar-refractivity contribution < 1.29 is 19.1 Å². The summed E-state index contributed by atoms with van der Waals surface area (Å²) in [4.78, 5) is 24.6. The first kappa shape index (κ1) is 17.0. The van der Waals surface area contributed by atoms with Crippen molar-refractivity contribution in [3.63, 3.8) is 0 Å². The number of carbonyl (C=O) groups is 2. The molecule has 2 aromatic rings. The minimum atomic E-state index is -0.574. The van der Waals surface area contributed by atoms with Gasteiger partial charge in [0.15, 0.2) is 0 Å². The number of carbonyl (C=O) groups excluding carboxylic acids is 2. The topological polar surface area (TPSA) is 76.7 Å². The minimum Gasteiger partial charge on any atom is -0.460 e. The summed E-state index contributed by atoms with van der Waals surface area (Å²) in [5.41, 5.74) is 1.74. The van der Waals surface area contributed by atoms with Crippen LogP contribution in [0.1, 0.15) is 18.5 Å². The van der Waals surface area contributed by atoms with Gasteiger partial charge in [0.25, 0.3) is 0 Å². The van der Waals surface area contributed by atoms with Gasteiger partial charge in [-0.15, -0.1) is 0 Å². The van der Waals surface area contributed by atoms with E-state index in [0.717, 1.165) is 16.3 Å². The Morgan fingerprint density at radius 1 is 1.12 bits per heavy atom. The van der Waals surface area contributed by atoms with Crippen molar-refractivity contribution in [2.45, 2.75) is 13.0 Å². The number of urea groups is 1. The lowest BCUT2D eigenvalue weighted by Gasteiger charge is -2.29. The van der Waals surface area contributed by atoms with E-state index in [0.29, 0.717) is 17.9 Å². The Morgan fingerprint density at radius 2 is 1.88 bits per heavy atom. The SMILES string of the molecule is COCCOC(=O)C1=C(C)NC(=O)N[C@H]1c1cccc2ccccc12. The van der Waals surface area contributed by atoms with Gasteiger partial charge in [0.2, 0.25) is 0 Å². The van der Waals surface area contributed by atoms with Crippen LogP contribution in [0.25, 0.3) is 10.8 Å². The third kappa shape index (κ3) is 3.49. The fourth-order valence-electron chi connectivity index (χ4n) is 3.00. The van der Waals surface area contributed by atoms with Crippen LogP contribution in [0.3, 0.4) is 0 Å². The molecule has 3 rings (SSSR count). The summed E-state index contributed by atoms with van der Waals surface area (Å²) in [6, 6.07) is 12.8. The van der Waals surface area contributed by atoms with Crippen molar-refractivity contribution in [3.8, 4) is 0 Å². The molecule has 0 aromatic heterocycles. The molecule has 0 spiro atoms.